The number of likely N-dealkylation sites (tertiary alicyclic amines) is 1. The first-order chi connectivity index (χ1) is 11.7. The number of hydrogen-bond donors (Lipinski definition) is 2. The Morgan fingerprint density at radius 3 is 2.64 bits per heavy atom. The summed E-state index contributed by atoms with van der Waals surface area (Å²) in [4.78, 5) is 27.7. The summed E-state index contributed by atoms with van der Waals surface area (Å²) in [5, 5.41) is 6.04. The molecule has 1 saturated heterocycles. The highest BCUT2D eigenvalue weighted by molar-refractivity contribution is 5.78. The van der Waals surface area contributed by atoms with Gasteiger partial charge in [0.15, 0.2) is 0 Å². The molecule has 1 atom stereocenters. The predicted octanol–water partition coefficient (Wildman–Crippen LogP) is 1.82. The van der Waals surface area contributed by atoms with E-state index in [0.717, 1.165) is 13.1 Å². The second kappa shape index (κ2) is 8.34. The number of carbonyl (C=O) groups is 2. The van der Waals surface area contributed by atoms with Gasteiger partial charge in [-0.1, -0.05) is 30.3 Å². The molecular formula is C19H30N4O2. The fraction of sp³-hybridized carbons (Fsp3) is 0.579. The SMILES string of the molecule is CN(Cc1ccccc1)CC(C)(C)NC(=O)NC1CCC(=O)N(C)C1. The Balaban J connectivity index is 1.79. The molecule has 1 aliphatic heterocycles. The fourth-order valence-electron chi connectivity index (χ4n) is 3.32. The van der Waals surface area contributed by atoms with Crippen LogP contribution in [0.1, 0.15) is 32.3 Å². The molecule has 0 aliphatic carbocycles. The van der Waals surface area contributed by atoms with Gasteiger partial charge in [-0.15, -0.1) is 0 Å². The molecule has 0 spiro atoms. The number of urea groups is 1. The zero-order chi connectivity index (χ0) is 18.4. The zero-order valence-corrected chi connectivity index (χ0v) is 15.7. The molecule has 1 aromatic carbocycles. The number of nitrogens with one attached hydrogen (secondary N) is 2. The number of hydrogen-bond acceptors (Lipinski definition) is 3. The van der Waals surface area contributed by atoms with Crippen molar-refractivity contribution in [3.63, 3.8) is 0 Å². The normalized spacial score (nSPS) is 18.4. The maximum atomic E-state index is 12.3. The van der Waals surface area contributed by atoms with Gasteiger partial charge in [0, 0.05) is 44.7 Å². The van der Waals surface area contributed by atoms with Gasteiger partial charge < -0.3 is 15.5 Å². The van der Waals surface area contributed by atoms with Crippen molar-refractivity contribution in [3.05, 3.63) is 35.9 Å². The van der Waals surface area contributed by atoms with E-state index in [0.29, 0.717) is 19.4 Å². The molecular weight excluding hydrogens is 316 g/mol. The van der Waals surface area contributed by atoms with Crippen molar-refractivity contribution in [2.45, 2.75) is 44.8 Å². The van der Waals surface area contributed by atoms with Gasteiger partial charge in [0.25, 0.3) is 0 Å². The number of benzene rings is 1. The Labute approximate surface area is 150 Å². The van der Waals surface area contributed by atoms with Gasteiger partial charge >= 0.3 is 6.03 Å². The van der Waals surface area contributed by atoms with Crippen LogP contribution in [0.3, 0.4) is 0 Å². The molecule has 3 amide bonds. The van der Waals surface area contributed by atoms with E-state index < -0.39 is 0 Å². The van der Waals surface area contributed by atoms with Crippen LogP contribution in [0.4, 0.5) is 4.79 Å². The van der Waals surface area contributed by atoms with Crippen LogP contribution in [0.15, 0.2) is 30.3 Å². The van der Waals surface area contributed by atoms with Crippen molar-refractivity contribution < 1.29 is 9.59 Å². The van der Waals surface area contributed by atoms with Gasteiger partial charge in [0.1, 0.15) is 0 Å². The van der Waals surface area contributed by atoms with Gasteiger partial charge in [-0.05, 0) is 32.9 Å². The monoisotopic (exact) mass is 346 g/mol. The van der Waals surface area contributed by atoms with Crippen LogP contribution < -0.4 is 10.6 Å². The molecule has 2 rings (SSSR count). The van der Waals surface area contributed by atoms with Crippen LogP contribution in [-0.2, 0) is 11.3 Å². The summed E-state index contributed by atoms with van der Waals surface area (Å²) in [5.74, 6) is 0.140. The van der Waals surface area contributed by atoms with Crippen LogP contribution in [0.5, 0.6) is 0 Å². The highest BCUT2D eigenvalue weighted by atomic mass is 16.2. The standard InChI is InChI=1S/C19H30N4O2/c1-19(2,14-22(3)12-15-8-6-5-7-9-15)21-18(25)20-16-10-11-17(24)23(4)13-16/h5-9,16H,10-14H2,1-4H3,(H2,20,21,25). The molecule has 1 heterocycles. The molecule has 1 unspecified atom stereocenters. The highest BCUT2D eigenvalue weighted by Gasteiger charge is 2.27. The van der Waals surface area contributed by atoms with Crippen molar-refractivity contribution >= 4 is 11.9 Å². The molecule has 0 bridgehead atoms. The van der Waals surface area contributed by atoms with Crippen LogP contribution in [0.2, 0.25) is 0 Å². The molecule has 2 N–H and O–H groups in total. The summed E-state index contributed by atoms with van der Waals surface area (Å²) in [6.07, 6.45) is 1.19. The summed E-state index contributed by atoms with van der Waals surface area (Å²) in [6.45, 7) is 6.18. The lowest BCUT2D eigenvalue weighted by molar-refractivity contribution is -0.132. The van der Waals surface area contributed by atoms with Crippen LogP contribution in [0, 0.1) is 0 Å². The van der Waals surface area contributed by atoms with E-state index in [1.165, 1.54) is 5.56 Å². The van der Waals surface area contributed by atoms with Gasteiger partial charge in [-0.3, -0.25) is 9.69 Å². The van der Waals surface area contributed by atoms with E-state index in [2.05, 4.69) is 34.7 Å². The van der Waals surface area contributed by atoms with E-state index in [4.69, 9.17) is 0 Å². The third-order valence-corrected chi connectivity index (χ3v) is 4.37. The third-order valence-electron chi connectivity index (χ3n) is 4.37. The largest absolute Gasteiger partial charge is 0.344 e. The number of likely N-dealkylation sites (N-methyl/N-ethyl adjacent to an activating group) is 2. The first-order valence-electron chi connectivity index (χ1n) is 8.80. The Bertz CT molecular complexity index is 588. The Hall–Kier alpha value is -2.08. The second-order valence-corrected chi connectivity index (χ2v) is 7.65. The molecule has 1 fully saturated rings. The highest BCUT2D eigenvalue weighted by Crippen LogP contribution is 2.11. The minimum atomic E-state index is -0.357. The number of piperidine rings is 1. The molecule has 25 heavy (non-hydrogen) atoms. The molecule has 0 radical (unpaired) electrons. The molecule has 1 aromatic rings. The predicted molar refractivity (Wildman–Crippen MR) is 99.2 cm³/mol. The molecule has 6 heteroatoms. The summed E-state index contributed by atoms with van der Waals surface area (Å²) in [5.41, 5.74) is 0.893. The van der Waals surface area contributed by atoms with E-state index >= 15 is 0 Å². The summed E-state index contributed by atoms with van der Waals surface area (Å²) >= 11 is 0. The average Bonchev–Trinajstić information content (AvgIpc) is 2.50. The second-order valence-electron chi connectivity index (χ2n) is 7.65. The van der Waals surface area contributed by atoms with Crippen molar-refractivity contribution in [2.24, 2.45) is 0 Å². The lowest BCUT2D eigenvalue weighted by Gasteiger charge is -2.34. The molecule has 1 aliphatic rings. The lowest BCUT2D eigenvalue weighted by Crippen LogP contribution is -2.57. The van der Waals surface area contributed by atoms with Crippen molar-refractivity contribution in [1.29, 1.82) is 0 Å². The van der Waals surface area contributed by atoms with E-state index in [1.807, 2.05) is 32.0 Å². The van der Waals surface area contributed by atoms with Crippen LogP contribution in [0.25, 0.3) is 0 Å². The van der Waals surface area contributed by atoms with Gasteiger partial charge in [0.2, 0.25) is 5.91 Å². The smallest absolute Gasteiger partial charge is 0.315 e. The number of amides is 3. The lowest BCUT2D eigenvalue weighted by atomic mass is 10.0. The number of carbonyl (C=O) groups excluding carboxylic acids is 2. The number of nitrogens with zero attached hydrogens (tertiary/aromatic N) is 2. The van der Waals surface area contributed by atoms with Gasteiger partial charge in [-0.2, -0.15) is 0 Å². The molecule has 0 saturated carbocycles. The maximum absolute atomic E-state index is 12.3. The molecule has 0 aromatic heterocycles. The topological polar surface area (TPSA) is 64.7 Å². The quantitative estimate of drug-likeness (QED) is 0.826. The van der Waals surface area contributed by atoms with Crippen molar-refractivity contribution in [2.75, 3.05) is 27.2 Å². The van der Waals surface area contributed by atoms with E-state index in [-0.39, 0.29) is 23.5 Å². The maximum Gasteiger partial charge on any atom is 0.315 e. The van der Waals surface area contributed by atoms with Gasteiger partial charge in [-0.25, -0.2) is 4.79 Å². The summed E-state index contributed by atoms with van der Waals surface area (Å²) < 4.78 is 0. The minimum absolute atomic E-state index is 0.0144. The Morgan fingerprint density at radius 2 is 2.00 bits per heavy atom. The van der Waals surface area contributed by atoms with Gasteiger partial charge in [0.05, 0.1) is 0 Å². The molecule has 6 nitrogen and oxygen atoms in total. The number of rotatable bonds is 6. The Morgan fingerprint density at radius 1 is 1.32 bits per heavy atom. The Kier molecular flexibility index (Phi) is 6.42. The third kappa shape index (κ3) is 6.38. The first-order valence-corrected chi connectivity index (χ1v) is 8.80. The van der Waals surface area contributed by atoms with Crippen molar-refractivity contribution in [1.82, 2.24) is 20.4 Å². The summed E-state index contributed by atoms with van der Waals surface area (Å²) in [6, 6.07) is 10.1. The van der Waals surface area contributed by atoms with E-state index in [9.17, 15) is 9.59 Å². The summed E-state index contributed by atoms with van der Waals surface area (Å²) in [7, 11) is 3.83. The fourth-order valence-corrected chi connectivity index (χ4v) is 3.32. The van der Waals surface area contributed by atoms with Crippen LogP contribution in [-0.4, -0.2) is 60.5 Å². The van der Waals surface area contributed by atoms with Crippen molar-refractivity contribution in [3.8, 4) is 0 Å². The molecule has 138 valence electrons. The first kappa shape index (κ1) is 19.2. The van der Waals surface area contributed by atoms with E-state index in [1.54, 1.807) is 11.9 Å². The minimum Gasteiger partial charge on any atom is -0.344 e. The average molecular weight is 346 g/mol. The van der Waals surface area contributed by atoms with Crippen LogP contribution >= 0.6 is 0 Å². The zero-order valence-electron chi connectivity index (χ0n) is 15.7.